The van der Waals surface area contributed by atoms with Crippen molar-refractivity contribution in [1.82, 2.24) is 19.7 Å². The first-order chi connectivity index (χ1) is 8.15. The molecule has 0 saturated carbocycles. The van der Waals surface area contributed by atoms with Crippen LogP contribution in [0, 0.1) is 6.92 Å². The van der Waals surface area contributed by atoms with Gasteiger partial charge in [0, 0.05) is 23.0 Å². The number of aryl methyl sites for hydroxylation is 2. The smallest absolute Gasteiger partial charge is 0.197 e. The Morgan fingerprint density at radius 3 is 2.82 bits per heavy atom. The second-order valence-corrected chi connectivity index (χ2v) is 4.47. The Bertz CT molecular complexity index is 696. The lowest BCUT2D eigenvalue weighted by Gasteiger charge is -1.99. The van der Waals surface area contributed by atoms with E-state index in [4.69, 9.17) is 11.6 Å². The van der Waals surface area contributed by atoms with Gasteiger partial charge in [-0.3, -0.25) is 5.10 Å². The van der Waals surface area contributed by atoms with Gasteiger partial charge in [-0.1, -0.05) is 11.6 Å². The van der Waals surface area contributed by atoms with Crippen LogP contribution in [0.3, 0.4) is 0 Å². The highest BCUT2D eigenvalue weighted by molar-refractivity contribution is 6.31. The third-order valence-electron chi connectivity index (χ3n) is 2.83. The molecule has 0 saturated heterocycles. The minimum absolute atomic E-state index is 0.706. The average Bonchev–Trinajstić information content (AvgIpc) is 2.83. The van der Waals surface area contributed by atoms with E-state index < -0.39 is 0 Å². The molecule has 0 fully saturated rings. The summed E-state index contributed by atoms with van der Waals surface area (Å²) in [6.45, 7) is 1.88. The molecular formula is C12H11ClN4. The second-order valence-electron chi connectivity index (χ2n) is 4.04. The van der Waals surface area contributed by atoms with Crippen molar-refractivity contribution in [2.75, 3.05) is 0 Å². The molecule has 0 unspecified atom stereocenters. The van der Waals surface area contributed by atoms with E-state index in [0.717, 1.165) is 27.4 Å². The monoisotopic (exact) mass is 246 g/mol. The molecule has 4 nitrogen and oxygen atoms in total. The van der Waals surface area contributed by atoms with E-state index in [2.05, 4.69) is 19.7 Å². The van der Waals surface area contributed by atoms with Crippen LogP contribution in [0.15, 0.2) is 24.3 Å². The third-order valence-corrected chi connectivity index (χ3v) is 3.07. The molecule has 0 aliphatic rings. The lowest BCUT2D eigenvalue weighted by atomic mass is 10.2. The summed E-state index contributed by atoms with van der Waals surface area (Å²) in [5.41, 5.74) is 2.10. The normalized spacial score (nSPS) is 11.2. The number of benzene rings is 1. The zero-order chi connectivity index (χ0) is 12.0. The van der Waals surface area contributed by atoms with Crippen LogP contribution in [-0.2, 0) is 7.05 Å². The summed E-state index contributed by atoms with van der Waals surface area (Å²) >= 11 is 5.98. The van der Waals surface area contributed by atoms with E-state index in [0.29, 0.717) is 5.82 Å². The van der Waals surface area contributed by atoms with Crippen LogP contribution in [0.5, 0.6) is 0 Å². The number of aromatic amines is 1. The van der Waals surface area contributed by atoms with Crippen molar-refractivity contribution in [1.29, 1.82) is 0 Å². The summed E-state index contributed by atoms with van der Waals surface area (Å²) in [5.74, 6) is 1.51. The van der Waals surface area contributed by atoms with Crippen molar-refractivity contribution < 1.29 is 0 Å². The van der Waals surface area contributed by atoms with E-state index in [1.807, 2.05) is 38.2 Å². The lowest BCUT2D eigenvalue weighted by Crippen LogP contribution is -1.92. The molecule has 1 aromatic carbocycles. The molecule has 0 bridgehead atoms. The number of hydrogen-bond donors (Lipinski definition) is 1. The van der Waals surface area contributed by atoms with E-state index >= 15 is 0 Å². The summed E-state index contributed by atoms with van der Waals surface area (Å²) in [7, 11) is 2.00. The summed E-state index contributed by atoms with van der Waals surface area (Å²) in [6.07, 6.45) is 0. The zero-order valence-corrected chi connectivity index (χ0v) is 10.3. The first-order valence-electron chi connectivity index (χ1n) is 5.29. The van der Waals surface area contributed by atoms with E-state index in [9.17, 15) is 0 Å². The van der Waals surface area contributed by atoms with Gasteiger partial charge in [0.2, 0.25) is 0 Å². The Morgan fingerprint density at radius 2 is 2.12 bits per heavy atom. The summed E-state index contributed by atoms with van der Waals surface area (Å²) in [6, 6.07) is 7.88. The topological polar surface area (TPSA) is 46.5 Å². The molecule has 0 aliphatic heterocycles. The molecule has 0 spiro atoms. The van der Waals surface area contributed by atoms with Crippen molar-refractivity contribution in [3.63, 3.8) is 0 Å². The fourth-order valence-corrected chi connectivity index (χ4v) is 2.17. The van der Waals surface area contributed by atoms with Gasteiger partial charge in [-0.25, -0.2) is 4.98 Å². The number of halogens is 1. The minimum Gasteiger partial charge on any atom is -0.341 e. The SMILES string of the molecule is Cc1nc(-c2cc3cc(Cl)ccc3n2C)n[nH]1. The molecule has 0 aliphatic carbocycles. The molecule has 3 aromatic rings. The van der Waals surface area contributed by atoms with Crippen LogP contribution in [0.1, 0.15) is 5.82 Å². The molecule has 0 amide bonds. The molecule has 86 valence electrons. The first-order valence-corrected chi connectivity index (χ1v) is 5.67. The molecule has 2 aromatic heterocycles. The lowest BCUT2D eigenvalue weighted by molar-refractivity contribution is 0.958. The fourth-order valence-electron chi connectivity index (χ4n) is 1.99. The van der Waals surface area contributed by atoms with Crippen LogP contribution in [0.2, 0.25) is 5.02 Å². The van der Waals surface area contributed by atoms with Crippen LogP contribution in [0.4, 0.5) is 0 Å². The van der Waals surface area contributed by atoms with Crippen molar-refractivity contribution in [2.45, 2.75) is 6.92 Å². The fraction of sp³-hybridized carbons (Fsp3) is 0.167. The Hall–Kier alpha value is -1.81. The quantitative estimate of drug-likeness (QED) is 0.718. The Labute approximate surface area is 103 Å². The van der Waals surface area contributed by atoms with Crippen molar-refractivity contribution in [3.8, 4) is 11.5 Å². The van der Waals surface area contributed by atoms with E-state index in [1.54, 1.807) is 0 Å². The van der Waals surface area contributed by atoms with E-state index in [1.165, 1.54) is 0 Å². The maximum absolute atomic E-state index is 5.98. The largest absolute Gasteiger partial charge is 0.341 e. The average molecular weight is 247 g/mol. The van der Waals surface area contributed by atoms with Gasteiger partial charge in [-0.05, 0) is 31.2 Å². The van der Waals surface area contributed by atoms with Crippen LogP contribution < -0.4 is 0 Å². The van der Waals surface area contributed by atoms with Gasteiger partial charge >= 0.3 is 0 Å². The van der Waals surface area contributed by atoms with Crippen molar-refractivity contribution in [2.24, 2.45) is 7.05 Å². The maximum atomic E-state index is 5.98. The Morgan fingerprint density at radius 1 is 1.29 bits per heavy atom. The Kier molecular flexibility index (Phi) is 2.19. The van der Waals surface area contributed by atoms with Gasteiger partial charge in [0.1, 0.15) is 5.82 Å². The summed E-state index contributed by atoms with van der Waals surface area (Å²) in [5, 5.41) is 8.86. The zero-order valence-electron chi connectivity index (χ0n) is 9.53. The van der Waals surface area contributed by atoms with Gasteiger partial charge in [0.15, 0.2) is 5.82 Å². The van der Waals surface area contributed by atoms with Crippen molar-refractivity contribution in [3.05, 3.63) is 35.1 Å². The summed E-state index contributed by atoms with van der Waals surface area (Å²) < 4.78 is 2.06. The first kappa shape index (κ1) is 10.4. The molecule has 5 heteroatoms. The van der Waals surface area contributed by atoms with Crippen molar-refractivity contribution >= 4 is 22.5 Å². The molecule has 1 N–H and O–H groups in total. The predicted octanol–water partition coefficient (Wildman–Crippen LogP) is 2.93. The standard InChI is InChI=1S/C12H11ClN4/c1-7-14-12(16-15-7)11-6-8-5-9(13)3-4-10(8)17(11)2/h3-6H,1-2H3,(H,14,15,16). The molecule has 2 heterocycles. The number of hydrogen-bond acceptors (Lipinski definition) is 2. The highest BCUT2D eigenvalue weighted by Crippen LogP contribution is 2.27. The molecular weight excluding hydrogens is 236 g/mol. The van der Waals surface area contributed by atoms with Gasteiger partial charge in [0.25, 0.3) is 0 Å². The number of rotatable bonds is 1. The van der Waals surface area contributed by atoms with Crippen LogP contribution in [-0.4, -0.2) is 19.7 Å². The number of aromatic nitrogens is 4. The Balaban J connectivity index is 2.27. The van der Waals surface area contributed by atoms with Gasteiger partial charge in [0.05, 0.1) is 5.69 Å². The number of fused-ring (bicyclic) bond motifs is 1. The van der Waals surface area contributed by atoms with Gasteiger partial charge < -0.3 is 4.57 Å². The third kappa shape index (κ3) is 1.61. The number of nitrogens with one attached hydrogen (secondary N) is 1. The molecule has 3 rings (SSSR count). The highest BCUT2D eigenvalue weighted by Gasteiger charge is 2.11. The predicted molar refractivity (Wildman–Crippen MR) is 68.0 cm³/mol. The second kappa shape index (κ2) is 3.60. The molecule has 17 heavy (non-hydrogen) atoms. The maximum Gasteiger partial charge on any atom is 0.197 e. The van der Waals surface area contributed by atoms with Crippen LogP contribution >= 0.6 is 11.6 Å². The van der Waals surface area contributed by atoms with Crippen LogP contribution in [0.25, 0.3) is 22.4 Å². The number of nitrogens with zero attached hydrogens (tertiary/aromatic N) is 3. The molecule has 0 atom stereocenters. The molecule has 0 radical (unpaired) electrons. The van der Waals surface area contributed by atoms with Gasteiger partial charge in [-0.15, -0.1) is 0 Å². The minimum atomic E-state index is 0.706. The number of H-pyrrole nitrogens is 1. The highest BCUT2D eigenvalue weighted by atomic mass is 35.5. The van der Waals surface area contributed by atoms with E-state index in [-0.39, 0.29) is 0 Å². The summed E-state index contributed by atoms with van der Waals surface area (Å²) in [4.78, 5) is 4.34. The van der Waals surface area contributed by atoms with Gasteiger partial charge in [-0.2, -0.15) is 5.10 Å².